The number of hydrogen-bond acceptors (Lipinski definition) is 2. The number of carboxylic acids is 1. The van der Waals surface area contributed by atoms with Gasteiger partial charge >= 0.3 is 5.97 Å². The molecule has 1 aliphatic rings. The number of carboxylic acid groups (broad SMARTS) is 1. The molecule has 4 nitrogen and oxygen atoms in total. The number of aliphatic carboxylic acids is 1. The number of carbonyl (C=O) groups is 2. The van der Waals surface area contributed by atoms with Crippen molar-refractivity contribution in [2.24, 2.45) is 5.92 Å². The summed E-state index contributed by atoms with van der Waals surface area (Å²) in [4.78, 5) is 23.6. The Morgan fingerprint density at radius 2 is 1.95 bits per heavy atom. The topological polar surface area (TPSA) is 66.4 Å². The summed E-state index contributed by atoms with van der Waals surface area (Å²) in [7, 11) is 0. The zero-order valence-electron chi connectivity index (χ0n) is 11.1. The molecule has 1 aromatic carbocycles. The molecule has 0 aliphatic heterocycles. The van der Waals surface area contributed by atoms with E-state index in [1.807, 2.05) is 6.07 Å². The quantitative estimate of drug-likeness (QED) is 0.831. The van der Waals surface area contributed by atoms with Crippen LogP contribution in [0.25, 0.3) is 0 Å². The van der Waals surface area contributed by atoms with E-state index in [0.29, 0.717) is 12.0 Å². The smallest absolute Gasteiger partial charge is 0.308 e. The van der Waals surface area contributed by atoms with Gasteiger partial charge in [-0.3, -0.25) is 9.59 Å². The molecule has 1 fully saturated rings. The Labute approximate surface area is 126 Å². The molecule has 20 heavy (non-hydrogen) atoms. The van der Waals surface area contributed by atoms with Gasteiger partial charge < -0.3 is 10.4 Å². The Morgan fingerprint density at radius 3 is 2.65 bits per heavy atom. The lowest BCUT2D eigenvalue weighted by atomic mass is 9.94. The van der Waals surface area contributed by atoms with Crippen LogP contribution in [0.3, 0.4) is 0 Å². The van der Waals surface area contributed by atoms with Gasteiger partial charge in [0, 0.05) is 16.1 Å². The van der Waals surface area contributed by atoms with E-state index in [1.54, 1.807) is 18.2 Å². The summed E-state index contributed by atoms with van der Waals surface area (Å²) in [6.07, 6.45) is 4.29. The van der Waals surface area contributed by atoms with Gasteiger partial charge in [0.05, 0.1) is 5.92 Å². The van der Waals surface area contributed by atoms with Gasteiger partial charge in [-0.25, -0.2) is 0 Å². The van der Waals surface area contributed by atoms with Crippen LogP contribution < -0.4 is 5.32 Å². The second-order valence-electron chi connectivity index (χ2n) is 5.17. The minimum Gasteiger partial charge on any atom is -0.481 e. The van der Waals surface area contributed by atoms with Crippen LogP contribution in [0.1, 0.15) is 42.5 Å². The van der Waals surface area contributed by atoms with E-state index >= 15 is 0 Å². The molecule has 0 heterocycles. The summed E-state index contributed by atoms with van der Waals surface area (Å²) in [5.74, 6) is -1.50. The maximum atomic E-state index is 12.2. The van der Waals surface area contributed by atoms with Crippen LogP contribution in [0.5, 0.6) is 0 Å². The third-order valence-electron chi connectivity index (χ3n) is 3.74. The summed E-state index contributed by atoms with van der Waals surface area (Å²) >= 11 is 3.33. The fraction of sp³-hybridized carbons (Fsp3) is 0.467. The van der Waals surface area contributed by atoms with Gasteiger partial charge in [-0.1, -0.05) is 41.3 Å². The molecule has 5 heteroatoms. The van der Waals surface area contributed by atoms with Crippen molar-refractivity contribution in [3.63, 3.8) is 0 Å². The predicted molar refractivity (Wildman–Crippen MR) is 79.6 cm³/mol. The van der Waals surface area contributed by atoms with Gasteiger partial charge in [-0.2, -0.15) is 0 Å². The molecule has 0 unspecified atom stereocenters. The first kappa shape index (κ1) is 15.0. The molecule has 2 N–H and O–H groups in total. The summed E-state index contributed by atoms with van der Waals surface area (Å²) in [5, 5.41) is 12.2. The second-order valence-corrected chi connectivity index (χ2v) is 6.09. The number of benzene rings is 1. The van der Waals surface area contributed by atoms with E-state index in [9.17, 15) is 14.7 Å². The summed E-state index contributed by atoms with van der Waals surface area (Å²) in [5.41, 5.74) is 0.549. The van der Waals surface area contributed by atoms with Crippen molar-refractivity contribution in [1.82, 2.24) is 5.32 Å². The molecule has 0 bridgehead atoms. The van der Waals surface area contributed by atoms with Crippen molar-refractivity contribution in [2.75, 3.05) is 0 Å². The van der Waals surface area contributed by atoms with Crippen LogP contribution in [-0.2, 0) is 4.79 Å². The van der Waals surface area contributed by atoms with Crippen LogP contribution in [0.4, 0.5) is 0 Å². The molecule has 1 aliphatic carbocycles. The highest BCUT2D eigenvalue weighted by molar-refractivity contribution is 9.10. The number of nitrogens with one attached hydrogen (secondary N) is 1. The molecule has 0 spiro atoms. The number of rotatable bonds is 3. The first-order valence-corrected chi connectivity index (χ1v) is 7.66. The molecular weight excluding hydrogens is 322 g/mol. The lowest BCUT2D eigenvalue weighted by Gasteiger charge is -2.22. The average Bonchev–Trinajstić information content (AvgIpc) is 2.64. The zero-order valence-corrected chi connectivity index (χ0v) is 12.7. The van der Waals surface area contributed by atoms with Gasteiger partial charge in [0.25, 0.3) is 5.91 Å². The Balaban J connectivity index is 2.09. The molecule has 1 amide bonds. The summed E-state index contributed by atoms with van der Waals surface area (Å²) in [6.45, 7) is 0. The molecule has 1 saturated carbocycles. The Bertz CT molecular complexity index is 504. The molecule has 0 aromatic heterocycles. The minimum absolute atomic E-state index is 0.204. The fourth-order valence-corrected chi connectivity index (χ4v) is 3.06. The number of hydrogen-bond donors (Lipinski definition) is 2. The second kappa shape index (κ2) is 6.88. The Morgan fingerprint density at radius 1 is 1.20 bits per heavy atom. The first-order valence-electron chi connectivity index (χ1n) is 6.87. The van der Waals surface area contributed by atoms with Crippen molar-refractivity contribution in [3.8, 4) is 0 Å². The Kier molecular flexibility index (Phi) is 5.17. The molecular formula is C15H18BrNO3. The average molecular weight is 340 g/mol. The van der Waals surface area contributed by atoms with E-state index in [0.717, 1.165) is 30.2 Å². The molecule has 2 atom stereocenters. The van der Waals surface area contributed by atoms with Crippen molar-refractivity contribution < 1.29 is 14.7 Å². The third kappa shape index (κ3) is 3.82. The van der Waals surface area contributed by atoms with E-state index in [-0.39, 0.29) is 11.9 Å². The molecule has 1 aromatic rings. The predicted octanol–water partition coefficient (Wildman–Crippen LogP) is 3.21. The Hall–Kier alpha value is -1.36. The first-order chi connectivity index (χ1) is 9.58. The van der Waals surface area contributed by atoms with Gasteiger partial charge in [0.1, 0.15) is 0 Å². The zero-order chi connectivity index (χ0) is 14.5. The normalized spacial score (nSPS) is 22.9. The van der Waals surface area contributed by atoms with E-state index in [1.165, 1.54) is 0 Å². The highest BCUT2D eigenvalue weighted by Gasteiger charge is 2.30. The number of halogens is 1. The van der Waals surface area contributed by atoms with Gasteiger partial charge in [0.15, 0.2) is 0 Å². The van der Waals surface area contributed by atoms with Crippen LogP contribution in [0.2, 0.25) is 0 Å². The third-order valence-corrected chi connectivity index (χ3v) is 4.23. The van der Waals surface area contributed by atoms with Crippen LogP contribution in [-0.4, -0.2) is 23.0 Å². The highest BCUT2D eigenvalue weighted by atomic mass is 79.9. The minimum atomic E-state index is -0.813. The maximum Gasteiger partial charge on any atom is 0.308 e. The molecule has 108 valence electrons. The highest BCUT2D eigenvalue weighted by Crippen LogP contribution is 2.24. The number of carbonyl (C=O) groups excluding carboxylic acids is 1. The van der Waals surface area contributed by atoms with Crippen LogP contribution in [0, 0.1) is 5.92 Å². The van der Waals surface area contributed by atoms with Crippen molar-refractivity contribution in [2.45, 2.75) is 38.1 Å². The maximum absolute atomic E-state index is 12.2. The van der Waals surface area contributed by atoms with Crippen molar-refractivity contribution >= 4 is 27.8 Å². The van der Waals surface area contributed by atoms with E-state index < -0.39 is 11.9 Å². The van der Waals surface area contributed by atoms with Gasteiger partial charge in [0.2, 0.25) is 0 Å². The SMILES string of the molecule is O=C(N[C@H]1CCCCC[C@H]1C(=O)O)c1cccc(Br)c1. The summed E-state index contributed by atoms with van der Waals surface area (Å²) in [6, 6.07) is 6.83. The lowest BCUT2D eigenvalue weighted by molar-refractivity contribution is -0.142. The lowest BCUT2D eigenvalue weighted by Crippen LogP contribution is -2.42. The van der Waals surface area contributed by atoms with Crippen LogP contribution >= 0.6 is 15.9 Å². The monoisotopic (exact) mass is 339 g/mol. The standard InChI is InChI=1S/C15H18BrNO3/c16-11-6-4-5-10(9-11)14(18)17-13-8-3-1-2-7-12(13)15(19)20/h4-6,9,12-13H,1-3,7-8H2,(H,17,18)(H,19,20)/t12-,13+/m1/s1. The summed E-state index contributed by atoms with van der Waals surface area (Å²) < 4.78 is 0.834. The van der Waals surface area contributed by atoms with Crippen molar-refractivity contribution in [1.29, 1.82) is 0 Å². The van der Waals surface area contributed by atoms with Crippen molar-refractivity contribution in [3.05, 3.63) is 34.3 Å². The molecule has 2 rings (SSSR count). The molecule has 0 radical (unpaired) electrons. The van der Waals surface area contributed by atoms with Gasteiger partial charge in [-0.15, -0.1) is 0 Å². The van der Waals surface area contributed by atoms with Gasteiger partial charge in [-0.05, 0) is 31.0 Å². The molecule has 0 saturated heterocycles. The van der Waals surface area contributed by atoms with Crippen LogP contribution in [0.15, 0.2) is 28.7 Å². The number of amides is 1. The van der Waals surface area contributed by atoms with E-state index in [4.69, 9.17) is 0 Å². The largest absolute Gasteiger partial charge is 0.481 e. The van der Waals surface area contributed by atoms with E-state index in [2.05, 4.69) is 21.2 Å². The fourth-order valence-electron chi connectivity index (χ4n) is 2.66.